The topological polar surface area (TPSA) is 142 Å². The lowest BCUT2D eigenvalue weighted by Gasteiger charge is -2.14. The number of benzene rings is 3. The summed E-state index contributed by atoms with van der Waals surface area (Å²) in [7, 11) is 3.00. The lowest BCUT2D eigenvalue weighted by Crippen LogP contribution is -2.36. The minimum absolute atomic E-state index is 0.0653. The van der Waals surface area contributed by atoms with Crippen molar-refractivity contribution in [3.63, 3.8) is 0 Å². The standard InChI is InChI=1S/C27H20N2O9/c1-36-22-13-11-16(14-23(22)37-2)10-12-20(30)17-6-3-4-9-21(17)38-24(31)15-28-26(32)18-7-5-8-19(29(34)35)25(18)27(28)33/h3-14H,15H2,1-2H3/b12-10+. The first-order valence-corrected chi connectivity index (χ1v) is 11.1. The normalized spacial score (nSPS) is 12.4. The van der Waals surface area contributed by atoms with Crippen LogP contribution in [0, 0.1) is 10.1 Å². The van der Waals surface area contributed by atoms with E-state index in [0.29, 0.717) is 22.0 Å². The van der Waals surface area contributed by atoms with Gasteiger partial charge in [0.1, 0.15) is 17.9 Å². The fraction of sp³-hybridized carbons (Fsp3) is 0.111. The Balaban J connectivity index is 1.49. The van der Waals surface area contributed by atoms with Crippen LogP contribution >= 0.6 is 0 Å². The Morgan fingerprint density at radius 3 is 2.37 bits per heavy atom. The maximum absolute atomic E-state index is 12.9. The number of fused-ring (bicyclic) bond motifs is 1. The van der Waals surface area contributed by atoms with Crippen LogP contribution in [0.1, 0.15) is 36.6 Å². The fourth-order valence-electron chi connectivity index (χ4n) is 3.87. The van der Waals surface area contributed by atoms with E-state index in [0.717, 1.165) is 6.07 Å². The molecule has 0 spiro atoms. The van der Waals surface area contributed by atoms with Crippen LogP contribution in [0.3, 0.4) is 0 Å². The number of nitro benzene ring substituents is 1. The van der Waals surface area contributed by atoms with Gasteiger partial charge < -0.3 is 14.2 Å². The highest BCUT2D eigenvalue weighted by atomic mass is 16.6. The quantitative estimate of drug-likeness (QED) is 0.0791. The van der Waals surface area contributed by atoms with Crippen molar-refractivity contribution in [1.29, 1.82) is 0 Å². The molecule has 0 fully saturated rings. The van der Waals surface area contributed by atoms with Crippen LogP contribution in [0.15, 0.2) is 66.7 Å². The van der Waals surface area contributed by atoms with Gasteiger partial charge >= 0.3 is 5.97 Å². The second kappa shape index (κ2) is 10.7. The van der Waals surface area contributed by atoms with Crippen LogP contribution < -0.4 is 14.2 Å². The lowest BCUT2D eigenvalue weighted by atomic mass is 10.1. The zero-order valence-electron chi connectivity index (χ0n) is 20.2. The third-order valence-corrected chi connectivity index (χ3v) is 5.67. The first-order valence-electron chi connectivity index (χ1n) is 11.1. The summed E-state index contributed by atoms with van der Waals surface area (Å²) in [5.41, 5.74) is -0.367. The molecule has 0 N–H and O–H groups in total. The summed E-state index contributed by atoms with van der Waals surface area (Å²) in [6.45, 7) is -0.798. The van der Waals surface area contributed by atoms with E-state index in [1.807, 2.05) is 0 Å². The number of allylic oxidation sites excluding steroid dienone is 1. The van der Waals surface area contributed by atoms with Gasteiger partial charge in [-0.15, -0.1) is 0 Å². The van der Waals surface area contributed by atoms with Gasteiger partial charge in [-0.2, -0.15) is 0 Å². The highest BCUT2D eigenvalue weighted by Crippen LogP contribution is 2.31. The molecule has 192 valence electrons. The molecule has 0 saturated heterocycles. The van der Waals surface area contributed by atoms with Crippen molar-refractivity contribution in [2.75, 3.05) is 20.8 Å². The third kappa shape index (κ3) is 4.98. The summed E-state index contributed by atoms with van der Waals surface area (Å²) >= 11 is 0. The molecule has 0 unspecified atom stereocenters. The number of ether oxygens (including phenoxy) is 3. The number of hydrogen-bond donors (Lipinski definition) is 0. The molecule has 0 aliphatic carbocycles. The summed E-state index contributed by atoms with van der Waals surface area (Å²) in [6, 6.07) is 14.7. The van der Waals surface area contributed by atoms with Crippen molar-refractivity contribution in [2.24, 2.45) is 0 Å². The molecule has 38 heavy (non-hydrogen) atoms. The number of esters is 1. The van der Waals surface area contributed by atoms with E-state index in [1.165, 1.54) is 44.6 Å². The molecule has 0 bridgehead atoms. The molecule has 0 aromatic heterocycles. The smallest absolute Gasteiger partial charge is 0.331 e. The van der Waals surface area contributed by atoms with Gasteiger partial charge in [0.2, 0.25) is 0 Å². The monoisotopic (exact) mass is 516 g/mol. The maximum atomic E-state index is 12.9. The minimum atomic E-state index is -1.01. The van der Waals surface area contributed by atoms with Gasteiger partial charge in [-0.3, -0.25) is 29.4 Å². The average Bonchev–Trinajstić information content (AvgIpc) is 3.16. The molecule has 1 aliphatic rings. The van der Waals surface area contributed by atoms with Crippen LogP contribution in [0.5, 0.6) is 17.2 Å². The largest absolute Gasteiger partial charge is 0.493 e. The second-order valence-corrected chi connectivity index (χ2v) is 7.94. The molecule has 3 aromatic carbocycles. The number of imide groups is 1. The molecule has 0 radical (unpaired) electrons. The van der Waals surface area contributed by atoms with Crippen molar-refractivity contribution in [3.8, 4) is 17.2 Å². The first-order chi connectivity index (χ1) is 18.2. The molecular formula is C27H20N2O9. The molecular weight excluding hydrogens is 496 g/mol. The number of methoxy groups -OCH3 is 2. The summed E-state index contributed by atoms with van der Waals surface area (Å²) in [5, 5.41) is 11.3. The van der Waals surface area contributed by atoms with E-state index < -0.39 is 40.7 Å². The highest BCUT2D eigenvalue weighted by Gasteiger charge is 2.42. The predicted molar refractivity (Wildman–Crippen MR) is 133 cm³/mol. The molecule has 11 heteroatoms. The van der Waals surface area contributed by atoms with Gasteiger partial charge in [-0.25, -0.2) is 4.79 Å². The van der Waals surface area contributed by atoms with E-state index >= 15 is 0 Å². The summed E-state index contributed by atoms with van der Waals surface area (Å²) in [5.74, 6) is -2.38. The predicted octanol–water partition coefficient (Wildman–Crippen LogP) is 3.71. The summed E-state index contributed by atoms with van der Waals surface area (Å²) in [4.78, 5) is 62.0. The number of carbonyl (C=O) groups is 4. The number of rotatable bonds is 9. The molecule has 11 nitrogen and oxygen atoms in total. The molecule has 1 heterocycles. The van der Waals surface area contributed by atoms with Crippen LogP contribution in [0.2, 0.25) is 0 Å². The lowest BCUT2D eigenvalue weighted by molar-refractivity contribution is -0.385. The van der Waals surface area contributed by atoms with Gasteiger partial charge in [0, 0.05) is 6.07 Å². The number of nitrogens with zero attached hydrogens (tertiary/aromatic N) is 2. The van der Waals surface area contributed by atoms with Gasteiger partial charge in [-0.1, -0.05) is 30.3 Å². The SMILES string of the molecule is COc1ccc(/C=C/C(=O)c2ccccc2OC(=O)CN2C(=O)c3cccc([N+](=O)[O-])c3C2=O)cc1OC. The number of para-hydroxylation sites is 1. The number of ketones is 1. The van der Waals surface area contributed by atoms with Crippen molar-refractivity contribution < 1.29 is 38.3 Å². The van der Waals surface area contributed by atoms with E-state index in [-0.39, 0.29) is 22.4 Å². The molecule has 4 rings (SSSR count). The second-order valence-electron chi connectivity index (χ2n) is 7.94. The highest BCUT2D eigenvalue weighted by molar-refractivity contribution is 6.24. The van der Waals surface area contributed by atoms with Crippen molar-refractivity contribution >= 4 is 35.3 Å². The summed E-state index contributed by atoms with van der Waals surface area (Å²) < 4.78 is 15.8. The maximum Gasteiger partial charge on any atom is 0.331 e. The van der Waals surface area contributed by atoms with Crippen LogP contribution in [-0.2, 0) is 4.79 Å². The Labute approximate surface area is 216 Å². The fourth-order valence-corrected chi connectivity index (χ4v) is 3.87. The molecule has 0 atom stereocenters. The van der Waals surface area contributed by atoms with E-state index in [4.69, 9.17) is 14.2 Å². The van der Waals surface area contributed by atoms with Crippen molar-refractivity contribution in [3.05, 3.63) is 99.1 Å². The first kappa shape index (κ1) is 25.8. The third-order valence-electron chi connectivity index (χ3n) is 5.67. The number of carbonyl (C=O) groups excluding carboxylic acids is 4. The van der Waals surface area contributed by atoms with Crippen LogP contribution in [0.25, 0.3) is 6.08 Å². The summed E-state index contributed by atoms with van der Waals surface area (Å²) in [6.07, 6.45) is 2.84. The van der Waals surface area contributed by atoms with Crippen LogP contribution in [0.4, 0.5) is 5.69 Å². The Morgan fingerprint density at radius 1 is 0.921 bits per heavy atom. The zero-order valence-corrected chi connectivity index (χ0v) is 20.2. The molecule has 0 saturated carbocycles. The molecule has 1 aliphatic heterocycles. The van der Waals surface area contributed by atoms with Crippen LogP contribution in [-0.4, -0.2) is 54.2 Å². The van der Waals surface area contributed by atoms with Crippen molar-refractivity contribution in [2.45, 2.75) is 0 Å². The molecule has 3 aromatic rings. The van der Waals surface area contributed by atoms with E-state index in [9.17, 15) is 29.3 Å². The average molecular weight is 516 g/mol. The Morgan fingerprint density at radius 2 is 1.66 bits per heavy atom. The Kier molecular flexibility index (Phi) is 7.28. The number of nitro groups is 1. The molecule has 2 amide bonds. The van der Waals surface area contributed by atoms with Gasteiger partial charge in [0.25, 0.3) is 17.5 Å². The van der Waals surface area contributed by atoms with Gasteiger partial charge in [0.15, 0.2) is 17.3 Å². The Bertz CT molecular complexity index is 1510. The van der Waals surface area contributed by atoms with Crippen molar-refractivity contribution in [1.82, 2.24) is 4.90 Å². The number of amides is 2. The zero-order chi connectivity index (χ0) is 27.4. The van der Waals surface area contributed by atoms with E-state index in [2.05, 4.69) is 0 Å². The number of hydrogen-bond acceptors (Lipinski definition) is 9. The van der Waals surface area contributed by atoms with Gasteiger partial charge in [0.05, 0.1) is 30.3 Å². The Hall–Kier alpha value is -5.32. The minimum Gasteiger partial charge on any atom is -0.493 e. The van der Waals surface area contributed by atoms with E-state index in [1.54, 1.807) is 36.4 Å². The van der Waals surface area contributed by atoms with Gasteiger partial charge in [-0.05, 0) is 42.0 Å².